The number of aliphatic hydroxyl groups excluding tert-OH is 1. The first kappa shape index (κ1) is 28.5. The third-order valence-corrected chi connectivity index (χ3v) is 8.04. The van der Waals surface area contributed by atoms with Crippen molar-refractivity contribution in [2.75, 3.05) is 6.61 Å². The van der Waals surface area contributed by atoms with Gasteiger partial charge in [-0.15, -0.1) is 0 Å². The standard InChI is InChI=1S/C25H53ClOSi/c1-28(2,26)25-23-21-19-17-15-13-11-9-7-5-3-4-6-8-10-12-14-16-18-20-22-24-27/h27H,3-25H2,1-2H3. The zero-order valence-electron chi connectivity index (χ0n) is 19.6. The van der Waals surface area contributed by atoms with Crippen LogP contribution in [0, 0.1) is 0 Å². The molecule has 0 aromatic rings. The average Bonchev–Trinajstić information content (AvgIpc) is 2.65. The van der Waals surface area contributed by atoms with Gasteiger partial charge in [0.05, 0.1) is 0 Å². The Balaban J connectivity index is 3.01. The summed E-state index contributed by atoms with van der Waals surface area (Å²) in [5.74, 6) is 0. The minimum Gasteiger partial charge on any atom is -0.396 e. The first-order chi connectivity index (χ1) is 13.6. The number of halogens is 1. The molecule has 0 heterocycles. The Morgan fingerprint density at radius 2 is 0.643 bits per heavy atom. The first-order valence-corrected chi connectivity index (χ1v) is 17.1. The molecule has 3 heteroatoms. The molecule has 0 unspecified atom stereocenters. The van der Waals surface area contributed by atoms with Crippen molar-refractivity contribution in [3.05, 3.63) is 0 Å². The van der Waals surface area contributed by atoms with Gasteiger partial charge >= 0.3 is 0 Å². The van der Waals surface area contributed by atoms with Crippen molar-refractivity contribution < 1.29 is 5.11 Å². The van der Waals surface area contributed by atoms with E-state index >= 15 is 0 Å². The van der Waals surface area contributed by atoms with Gasteiger partial charge in [0.2, 0.25) is 0 Å². The largest absolute Gasteiger partial charge is 0.396 e. The molecule has 0 saturated heterocycles. The van der Waals surface area contributed by atoms with Crippen molar-refractivity contribution in [1.82, 2.24) is 0 Å². The van der Waals surface area contributed by atoms with Gasteiger partial charge in [0, 0.05) is 6.61 Å². The predicted octanol–water partition coefficient (Wildman–Crippen LogP) is 9.61. The lowest BCUT2D eigenvalue weighted by atomic mass is 10.0. The number of hydrogen-bond acceptors (Lipinski definition) is 1. The highest BCUT2D eigenvalue weighted by atomic mass is 35.6. The van der Waals surface area contributed by atoms with Gasteiger partial charge in [0.1, 0.15) is 7.38 Å². The van der Waals surface area contributed by atoms with Gasteiger partial charge in [0.25, 0.3) is 0 Å². The molecule has 0 aliphatic carbocycles. The van der Waals surface area contributed by atoms with Crippen molar-refractivity contribution in [1.29, 1.82) is 0 Å². The number of aliphatic hydroxyl groups is 1. The van der Waals surface area contributed by atoms with Crippen LogP contribution in [-0.2, 0) is 0 Å². The normalized spacial score (nSPS) is 12.0. The van der Waals surface area contributed by atoms with Crippen LogP contribution in [0.2, 0.25) is 19.1 Å². The molecule has 0 fully saturated rings. The van der Waals surface area contributed by atoms with Gasteiger partial charge in [-0.2, -0.15) is 11.1 Å². The van der Waals surface area contributed by atoms with Crippen LogP contribution in [0.25, 0.3) is 0 Å². The van der Waals surface area contributed by atoms with E-state index in [0.717, 1.165) is 6.42 Å². The van der Waals surface area contributed by atoms with Gasteiger partial charge in [-0.05, 0) is 12.5 Å². The lowest BCUT2D eigenvalue weighted by Crippen LogP contribution is -2.14. The quantitative estimate of drug-likeness (QED) is 0.0966. The van der Waals surface area contributed by atoms with E-state index in [1.165, 1.54) is 134 Å². The molecule has 0 radical (unpaired) electrons. The van der Waals surface area contributed by atoms with Crippen LogP contribution in [-0.4, -0.2) is 19.1 Å². The van der Waals surface area contributed by atoms with Crippen LogP contribution < -0.4 is 0 Å². The number of hydrogen-bond donors (Lipinski definition) is 1. The van der Waals surface area contributed by atoms with E-state index in [1.54, 1.807) is 0 Å². The van der Waals surface area contributed by atoms with E-state index in [2.05, 4.69) is 13.1 Å². The average molecular weight is 433 g/mol. The minimum atomic E-state index is -1.31. The van der Waals surface area contributed by atoms with Crippen LogP contribution in [0.15, 0.2) is 0 Å². The van der Waals surface area contributed by atoms with Crippen LogP contribution in [0.5, 0.6) is 0 Å². The molecule has 0 aromatic heterocycles. The second kappa shape index (κ2) is 22.2. The second-order valence-electron chi connectivity index (χ2n) is 9.62. The maximum atomic E-state index is 8.74. The Bertz CT molecular complexity index is 291. The summed E-state index contributed by atoms with van der Waals surface area (Å²) in [6.07, 6.45) is 29.3. The molecular formula is C25H53ClOSi. The van der Waals surface area contributed by atoms with Gasteiger partial charge in [0.15, 0.2) is 0 Å². The Kier molecular flexibility index (Phi) is 22.5. The predicted molar refractivity (Wildman–Crippen MR) is 132 cm³/mol. The van der Waals surface area contributed by atoms with Crippen LogP contribution in [0.4, 0.5) is 0 Å². The molecule has 0 aliphatic rings. The maximum absolute atomic E-state index is 8.74. The fraction of sp³-hybridized carbons (Fsp3) is 1.00. The zero-order valence-corrected chi connectivity index (χ0v) is 21.3. The van der Waals surface area contributed by atoms with Gasteiger partial charge in [-0.1, -0.05) is 142 Å². The Labute approximate surface area is 184 Å². The molecule has 28 heavy (non-hydrogen) atoms. The Morgan fingerprint density at radius 3 is 0.857 bits per heavy atom. The van der Waals surface area contributed by atoms with E-state index in [4.69, 9.17) is 16.2 Å². The summed E-state index contributed by atoms with van der Waals surface area (Å²) in [7, 11) is -1.31. The molecular weight excluding hydrogens is 380 g/mol. The zero-order chi connectivity index (χ0) is 20.8. The third kappa shape index (κ3) is 26.5. The molecule has 0 rings (SSSR count). The number of unbranched alkanes of at least 4 members (excludes halogenated alkanes) is 20. The van der Waals surface area contributed by atoms with E-state index in [0.29, 0.717) is 6.61 Å². The van der Waals surface area contributed by atoms with Gasteiger partial charge in [-0.3, -0.25) is 0 Å². The summed E-state index contributed by atoms with van der Waals surface area (Å²) in [4.78, 5) is 0. The second-order valence-corrected chi connectivity index (χ2v) is 16.6. The van der Waals surface area contributed by atoms with E-state index < -0.39 is 7.38 Å². The van der Waals surface area contributed by atoms with Gasteiger partial charge in [-0.25, -0.2) is 0 Å². The summed E-state index contributed by atoms with van der Waals surface area (Å²) in [6.45, 7) is 4.90. The molecule has 0 bridgehead atoms. The first-order valence-electron chi connectivity index (χ1n) is 12.9. The fourth-order valence-electron chi connectivity index (χ4n) is 4.02. The molecule has 1 N–H and O–H groups in total. The van der Waals surface area contributed by atoms with E-state index in [1.807, 2.05) is 0 Å². The highest BCUT2D eigenvalue weighted by Crippen LogP contribution is 2.19. The van der Waals surface area contributed by atoms with Crippen molar-refractivity contribution in [3.63, 3.8) is 0 Å². The maximum Gasteiger partial charge on any atom is 0.150 e. The third-order valence-electron chi connectivity index (χ3n) is 5.93. The molecule has 0 saturated carbocycles. The molecule has 0 aromatic carbocycles. The smallest absolute Gasteiger partial charge is 0.150 e. The molecule has 0 aliphatic heterocycles. The highest BCUT2D eigenvalue weighted by molar-refractivity contribution is 7.19. The van der Waals surface area contributed by atoms with Crippen LogP contribution in [0.1, 0.15) is 135 Å². The molecule has 0 atom stereocenters. The summed E-state index contributed by atoms with van der Waals surface area (Å²) < 4.78 is 0. The Hall–Kier alpha value is 0.467. The summed E-state index contributed by atoms with van der Waals surface area (Å²) in [6, 6.07) is 1.29. The van der Waals surface area contributed by atoms with Crippen molar-refractivity contribution >= 4 is 18.5 Å². The minimum absolute atomic E-state index is 0.371. The van der Waals surface area contributed by atoms with Crippen molar-refractivity contribution in [2.24, 2.45) is 0 Å². The van der Waals surface area contributed by atoms with E-state index in [9.17, 15) is 0 Å². The SMILES string of the molecule is C[Si](C)(Cl)CCCCCCCCCCCCCCCCCCCCCCCO. The molecule has 1 nitrogen and oxygen atoms in total. The van der Waals surface area contributed by atoms with Crippen LogP contribution >= 0.6 is 11.1 Å². The fourth-order valence-corrected chi connectivity index (χ4v) is 5.51. The van der Waals surface area contributed by atoms with Crippen molar-refractivity contribution in [3.8, 4) is 0 Å². The van der Waals surface area contributed by atoms with Gasteiger partial charge < -0.3 is 5.11 Å². The molecule has 0 amide bonds. The summed E-state index contributed by atoms with van der Waals surface area (Å²) in [5.41, 5.74) is 0. The topological polar surface area (TPSA) is 20.2 Å². The lowest BCUT2D eigenvalue weighted by molar-refractivity contribution is 0.282. The Morgan fingerprint density at radius 1 is 0.429 bits per heavy atom. The monoisotopic (exact) mass is 432 g/mol. The number of rotatable bonds is 23. The van der Waals surface area contributed by atoms with Crippen LogP contribution in [0.3, 0.4) is 0 Å². The molecule has 170 valence electrons. The summed E-state index contributed by atoms with van der Waals surface area (Å²) >= 11 is 6.36. The lowest BCUT2D eigenvalue weighted by Gasteiger charge is -2.11. The van der Waals surface area contributed by atoms with Crippen molar-refractivity contribution in [2.45, 2.75) is 154 Å². The summed E-state index contributed by atoms with van der Waals surface area (Å²) in [5, 5.41) is 8.74. The highest BCUT2D eigenvalue weighted by Gasteiger charge is 2.15. The van der Waals surface area contributed by atoms with E-state index in [-0.39, 0.29) is 0 Å². The molecule has 0 spiro atoms.